The standard InChI is InChI=1S/C20H18N4O2/c1-2-13-21-20(26)14-7-3-4-8-15(14)24-19(25)12-11-18-22-16-9-5-6-10-17(16)23-18/h1,3-10H,11-13H2,(H,21,26)(H,22,23)(H,24,25). The molecule has 0 fully saturated rings. The van der Waals surface area contributed by atoms with Gasteiger partial charge in [-0.3, -0.25) is 9.59 Å². The highest BCUT2D eigenvalue weighted by Gasteiger charge is 2.13. The molecule has 0 saturated carbocycles. The Morgan fingerprint density at radius 1 is 1.12 bits per heavy atom. The third-order valence-electron chi connectivity index (χ3n) is 3.82. The van der Waals surface area contributed by atoms with E-state index < -0.39 is 0 Å². The molecule has 0 aliphatic heterocycles. The largest absolute Gasteiger partial charge is 0.342 e. The average molecular weight is 346 g/mol. The number of benzene rings is 2. The Bertz CT molecular complexity index is 952. The van der Waals surface area contributed by atoms with Crippen molar-refractivity contribution in [1.82, 2.24) is 15.3 Å². The molecule has 0 aliphatic rings. The predicted molar refractivity (Wildman–Crippen MR) is 101 cm³/mol. The summed E-state index contributed by atoms with van der Waals surface area (Å²) in [5.41, 5.74) is 2.65. The van der Waals surface area contributed by atoms with Crippen LogP contribution in [0.1, 0.15) is 22.6 Å². The van der Waals surface area contributed by atoms with Crippen molar-refractivity contribution in [3.63, 3.8) is 0 Å². The van der Waals surface area contributed by atoms with Crippen LogP contribution in [0, 0.1) is 12.3 Å². The molecular formula is C20H18N4O2. The lowest BCUT2D eigenvalue weighted by molar-refractivity contribution is -0.116. The molecule has 0 spiro atoms. The second-order valence-electron chi connectivity index (χ2n) is 5.68. The lowest BCUT2D eigenvalue weighted by atomic mass is 10.1. The first-order chi connectivity index (χ1) is 12.7. The van der Waals surface area contributed by atoms with E-state index in [4.69, 9.17) is 6.42 Å². The summed E-state index contributed by atoms with van der Waals surface area (Å²) in [6, 6.07) is 14.5. The molecule has 0 unspecified atom stereocenters. The van der Waals surface area contributed by atoms with Crippen molar-refractivity contribution in [2.45, 2.75) is 12.8 Å². The molecule has 6 nitrogen and oxygen atoms in total. The van der Waals surface area contributed by atoms with E-state index in [1.165, 1.54) is 0 Å². The van der Waals surface area contributed by atoms with Gasteiger partial charge in [0.1, 0.15) is 5.82 Å². The van der Waals surface area contributed by atoms with Gasteiger partial charge >= 0.3 is 0 Å². The molecule has 3 N–H and O–H groups in total. The number of carbonyl (C=O) groups excluding carboxylic acids is 2. The molecule has 2 aromatic carbocycles. The van der Waals surface area contributed by atoms with Gasteiger partial charge in [0.05, 0.1) is 28.8 Å². The summed E-state index contributed by atoms with van der Waals surface area (Å²) < 4.78 is 0. The Kier molecular flexibility index (Phi) is 5.30. The first-order valence-electron chi connectivity index (χ1n) is 8.21. The van der Waals surface area contributed by atoms with Gasteiger partial charge in [-0.25, -0.2) is 4.98 Å². The van der Waals surface area contributed by atoms with Crippen molar-refractivity contribution in [2.75, 3.05) is 11.9 Å². The Balaban J connectivity index is 1.63. The molecule has 1 heterocycles. The van der Waals surface area contributed by atoms with Crippen LogP contribution in [-0.4, -0.2) is 28.3 Å². The minimum Gasteiger partial charge on any atom is -0.342 e. The molecule has 0 aliphatic carbocycles. The molecule has 0 atom stereocenters. The van der Waals surface area contributed by atoms with E-state index in [0.717, 1.165) is 16.9 Å². The van der Waals surface area contributed by atoms with Gasteiger partial charge in [-0.15, -0.1) is 6.42 Å². The molecular weight excluding hydrogens is 328 g/mol. The number of anilines is 1. The molecule has 3 rings (SSSR count). The molecule has 6 heteroatoms. The van der Waals surface area contributed by atoms with Gasteiger partial charge in [-0.2, -0.15) is 0 Å². The minimum atomic E-state index is -0.323. The maximum absolute atomic E-state index is 12.3. The fraction of sp³-hybridized carbons (Fsp3) is 0.150. The van der Waals surface area contributed by atoms with Crippen LogP contribution in [0.5, 0.6) is 0 Å². The molecule has 130 valence electrons. The minimum absolute atomic E-state index is 0.132. The van der Waals surface area contributed by atoms with Crippen molar-refractivity contribution in [2.24, 2.45) is 0 Å². The second kappa shape index (κ2) is 7.99. The number of amides is 2. The van der Waals surface area contributed by atoms with Gasteiger partial charge in [-0.05, 0) is 24.3 Å². The van der Waals surface area contributed by atoms with E-state index in [-0.39, 0.29) is 24.8 Å². The smallest absolute Gasteiger partial charge is 0.254 e. The number of rotatable bonds is 6. The maximum Gasteiger partial charge on any atom is 0.254 e. The number of aromatic amines is 1. The van der Waals surface area contributed by atoms with Crippen molar-refractivity contribution in [3.8, 4) is 12.3 Å². The van der Waals surface area contributed by atoms with E-state index >= 15 is 0 Å². The number of fused-ring (bicyclic) bond motifs is 1. The highest BCUT2D eigenvalue weighted by atomic mass is 16.2. The molecule has 2 amide bonds. The van der Waals surface area contributed by atoms with Gasteiger partial charge in [-0.1, -0.05) is 30.2 Å². The van der Waals surface area contributed by atoms with Crippen LogP contribution < -0.4 is 10.6 Å². The van der Waals surface area contributed by atoms with Crippen molar-refractivity contribution < 1.29 is 9.59 Å². The Hall–Kier alpha value is -3.59. The first-order valence-corrected chi connectivity index (χ1v) is 8.21. The monoisotopic (exact) mass is 346 g/mol. The number of para-hydroxylation sites is 3. The SMILES string of the molecule is C#CCNC(=O)c1ccccc1NC(=O)CCc1nc2ccccc2[nH]1. The van der Waals surface area contributed by atoms with E-state index in [1.807, 2.05) is 24.3 Å². The highest BCUT2D eigenvalue weighted by Crippen LogP contribution is 2.16. The van der Waals surface area contributed by atoms with Gasteiger partial charge in [0.15, 0.2) is 0 Å². The molecule has 1 aromatic heterocycles. The summed E-state index contributed by atoms with van der Waals surface area (Å²) in [4.78, 5) is 32.0. The quantitative estimate of drug-likeness (QED) is 0.599. The zero-order valence-electron chi connectivity index (χ0n) is 14.1. The number of imidazole rings is 1. The van der Waals surface area contributed by atoms with Crippen molar-refractivity contribution in [3.05, 3.63) is 59.9 Å². The number of hydrogen-bond acceptors (Lipinski definition) is 3. The summed E-state index contributed by atoms with van der Waals surface area (Å²) in [6.07, 6.45) is 5.88. The van der Waals surface area contributed by atoms with E-state index in [2.05, 4.69) is 26.5 Å². The fourth-order valence-corrected chi connectivity index (χ4v) is 2.59. The van der Waals surface area contributed by atoms with Gasteiger partial charge < -0.3 is 15.6 Å². The Morgan fingerprint density at radius 3 is 2.69 bits per heavy atom. The van der Waals surface area contributed by atoms with Crippen LogP contribution >= 0.6 is 0 Å². The maximum atomic E-state index is 12.3. The lowest BCUT2D eigenvalue weighted by Gasteiger charge is -2.10. The third kappa shape index (κ3) is 4.08. The number of terminal acetylenes is 1. The number of nitrogens with zero attached hydrogens (tertiary/aromatic N) is 1. The van der Waals surface area contributed by atoms with Crippen LogP contribution in [0.2, 0.25) is 0 Å². The zero-order chi connectivity index (χ0) is 18.4. The Morgan fingerprint density at radius 2 is 1.88 bits per heavy atom. The summed E-state index contributed by atoms with van der Waals surface area (Å²) in [7, 11) is 0. The first kappa shape index (κ1) is 17.2. The third-order valence-corrected chi connectivity index (χ3v) is 3.82. The van der Waals surface area contributed by atoms with E-state index in [9.17, 15) is 9.59 Å². The van der Waals surface area contributed by atoms with Gasteiger partial charge in [0, 0.05) is 12.8 Å². The summed E-state index contributed by atoms with van der Waals surface area (Å²) in [6.45, 7) is 0.132. The number of aromatic nitrogens is 2. The van der Waals surface area contributed by atoms with Gasteiger partial charge in [0.25, 0.3) is 5.91 Å². The topological polar surface area (TPSA) is 86.9 Å². The number of aryl methyl sites for hydroxylation is 1. The average Bonchev–Trinajstić information content (AvgIpc) is 3.08. The van der Waals surface area contributed by atoms with Crippen LogP contribution in [0.3, 0.4) is 0 Å². The number of H-pyrrole nitrogens is 1. The fourth-order valence-electron chi connectivity index (χ4n) is 2.59. The number of nitrogens with one attached hydrogen (secondary N) is 3. The normalized spacial score (nSPS) is 10.3. The van der Waals surface area contributed by atoms with Crippen molar-refractivity contribution in [1.29, 1.82) is 0 Å². The molecule has 26 heavy (non-hydrogen) atoms. The molecule has 0 saturated heterocycles. The van der Waals surface area contributed by atoms with Crippen LogP contribution in [0.25, 0.3) is 11.0 Å². The van der Waals surface area contributed by atoms with Crippen molar-refractivity contribution >= 4 is 28.5 Å². The number of carbonyl (C=O) groups is 2. The highest BCUT2D eigenvalue weighted by molar-refractivity contribution is 6.03. The molecule has 0 bridgehead atoms. The molecule has 0 radical (unpaired) electrons. The van der Waals surface area contributed by atoms with Crippen LogP contribution in [0.4, 0.5) is 5.69 Å². The van der Waals surface area contributed by atoms with Crippen LogP contribution in [-0.2, 0) is 11.2 Å². The predicted octanol–water partition coefficient (Wildman–Crippen LogP) is 2.50. The van der Waals surface area contributed by atoms with E-state index in [1.54, 1.807) is 24.3 Å². The Labute approximate surface area is 151 Å². The van der Waals surface area contributed by atoms with E-state index in [0.29, 0.717) is 17.7 Å². The second-order valence-corrected chi connectivity index (χ2v) is 5.68. The summed E-state index contributed by atoms with van der Waals surface area (Å²) in [5.74, 6) is 2.58. The number of hydrogen-bond donors (Lipinski definition) is 3. The van der Waals surface area contributed by atoms with Crippen LogP contribution in [0.15, 0.2) is 48.5 Å². The summed E-state index contributed by atoms with van der Waals surface area (Å²) >= 11 is 0. The summed E-state index contributed by atoms with van der Waals surface area (Å²) in [5, 5.41) is 5.37. The zero-order valence-corrected chi connectivity index (χ0v) is 14.1. The van der Waals surface area contributed by atoms with Gasteiger partial charge in [0.2, 0.25) is 5.91 Å². The molecule has 3 aromatic rings. The lowest BCUT2D eigenvalue weighted by Crippen LogP contribution is -2.25.